The highest BCUT2D eigenvalue weighted by Crippen LogP contribution is 2.30. The minimum atomic E-state index is -3.56. The van der Waals surface area contributed by atoms with Gasteiger partial charge in [-0.15, -0.1) is 0 Å². The van der Waals surface area contributed by atoms with E-state index >= 15 is 0 Å². The predicted molar refractivity (Wildman–Crippen MR) is 111 cm³/mol. The third-order valence-corrected chi connectivity index (χ3v) is 7.52. The summed E-state index contributed by atoms with van der Waals surface area (Å²) in [5, 5.41) is 3.55. The van der Waals surface area contributed by atoms with Crippen molar-refractivity contribution >= 4 is 27.5 Å². The Morgan fingerprint density at radius 3 is 2.64 bits per heavy atom. The van der Waals surface area contributed by atoms with E-state index in [1.54, 1.807) is 12.1 Å². The SMILES string of the molecule is O=C(CCCNS(=O)(=O)c1ccc(Cl)cc1)NC[C@@H]1CCCN2CCCC[C@H]12. The van der Waals surface area contributed by atoms with Crippen molar-refractivity contribution in [2.45, 2.75) is 55.9 Å². The molecule has 8 heteroatoms. The summed E-state index contributed by atoms with van der Waals surface area (Å²) in [5.74, 6) is 0.542. The van der Waals surface area contributed by atoms with Gasteiger partial charge in [0.05, 0.1) is 4.90 Å². The maximum atomic E-state index is 12.2. The molecule has 0 bridgehead atoms. The van der Waals surface area contributed by atoms with E-state index < -0.39 is 10.0 Å². The Kier molecular flexibility index (Phi) is 7.74. The number of benzene rings is 1. The van der Waals surface area contributed by atoms with Gasteiger partial charge in [-0.2, -0.15) is 0 Å². The molecule has 1 amide bonds. The fraction of sp³-hybridized carbons (Fsp3) is 0.650. The largest absolute Gasteiger partial charge is 0.356 e. The van der Waals surface area contributed by atoms with Crippen LogP contribution >= 0.6 is 11.6 Å². The number of carbonyl (C=O) groups excluding carboxylic acids is 1. The molecule has 3 rings (SSSR count). The topological polar surface area (TPSA) is 78.5 Å². The molecule has 1 aromatic rings. The first-order chi connectivity index (χ1) is 13.5. The number of hydrogen-bond donors (Lipinski definition) is 2. The first-order valence-corrected chi connectivity index (χ1v) is 12.1. The second-order valence-electron chi connectivity index (χ2n) is 7.76. The van der Waals surface area contributed by atoms with Gasteiger partial charge >= 0.3 is 0 Å². The van der Waals surface area contributed by atoms with Crippen molar-refractivity contribution in [1.82, 2.24) is 14.9 Å². The smallest absolute Gasteiger partial charge is 0.240 e. The van der Waals surface area contributed by atoms with Crippen LogP contribution in [0.2, 0.25) is 5.02 Å². The monoisotopic (exact) mass is 427 g/mol. The van der Waals surface area contributed by atoms with Gasteiger partial charge in [-0.25, -0.2) is 13.1 Å². The van der Waals surface area contributed by atoms with Crippen LogP contribution < -0.4 is 10.0 Å². The molecule has 0 radical (unpaired) electrons. The van der Waals surface area contributed by atoms with Gasteiger partial charge < -0.3 is 10.2 Å². The molecule has 28 heavy (non-hydrogen) atoms. The van der Waals surface area contributed by atoms with Gasteiger partial charge in [0.15, 0.2) is 0 Å². The standard InChI is InChI=1S/C20H30ClN3O3S/c21-17-8-10-18(11-9-17)28(26,27)23-12-3-7-20(25)22-15-16-5-4-14-24-13-2-1-6-19(16)24/h8-11,16,19,23H,1-7,12-15H2,(H,22,25)/t16-,19+/m0/s1. The van der Waals surface area contributed by atoms with Gasteiger partial charge in [0.2, 0.25) is 15.9 Å². The van der Waals surface area contributed by atoms with E-state index in [4.69, 9.17) is 11.6 Å². The van der Waals surface area contributed by atoms with Crippen molar-refractivity contribution in [2.24, 2.45) is 5.92 Å². The third-order valence-electron chi connectivity index (χ3n) is 5.79. The highest BCUT2D eigenvalue weighted by atomic mass is 35.5. The molecular weight excluding hydrogens is 398 g/mol. The van der Waals surface area contributed by atoms with Gasteiger partial charge in [-0.1, -0.05) is 18.0 Å². The number of sulfonamides is 1. The summed E-state index contributed by atoms with van der Waals surface area (Å²) in [7, 11) is -3.56. The van der Waals surface area contributed by atoms with E-state index in [0.717, 1.165) is 6.54 Å². The van der Waals surface area contributed by atoms with Crippen molar-refractivity contribution in [3.63, 3.8) is 0 Å². The normalized spacial score (nSPS) is 23.2. The lowest BCUT2D eigenvalue weighted by Gasteiger charge is -2.44. The number of nitrogens with zero attached hydrogens (tertiary/aromatic N) is 1. The summed E-state index contributed by atoms with van der Waals surface area (Å²) in [4.78, 5) is 14.9. The van der Waals surface area contributed by atoms with Crippen LogP contribution in [0, 0.1) is 5.92 Å². The number of amides is 1. The van der Waals surface area contributed by atoms with Crippen molar-refractivity contribution in [3.05, 3.63) is 29.3 Å². The lowest BCUT2D eigenvalue weighted by Crippen LogP contribution is -2.51. The quantitative estimate of drug-likeness (QED) is 0.625. The molecule has 0 spiro atoms. The molecule has 6 nitrogen and oxygen atoms in total. The first-order valence-electron chi connectivity index (χ1n) is 10.2. The summed E-state index contributed by atoms with van der Waals surface area (Å²) < 4.78 is 26.9. The first kappa shape index (κ1) is 21.6. The number of nitrogens with one attached hydrogen (secondary N) is 2. The molecule has 2 aliphatic heterocycles. The molecule has 156 valence electrons. The Morgan fingerprint density at radius 1 is 1.11 bits per heavy atom. The number of halogens is 1. The lowest BCUT2D eigenvalue weighted by atomic mass is 9.83. The van der Waals surface area contributed by atoms with Gasteiger partial charge in [0.25, 0.3) is 0 Å². The highest BCUT2D eigenvalue weighted by molar-refractivity contribution is 7.89. The Morgan fingerprint density at radius 2 is 1.86 bits per heavy atom. The second-order valence-corrected chi connectivity index (χ2v) is 9.96. The summed E-state index contributed by atoms with van der Waals surface area (Å²) in [5.41, 5.74) is 0. The predicted octanol–water partition coefficient (Wildman–Crippen LogP) is 2.78. The van der Waals surface area contributed by atoms with E-state index in [1.807, 2.05) is 0 Å². The molecule has 2 saturated heterocycles. The van der Waals surface area contributed by atoms with Crippen LogP contribution in [0.15, 0.2) is 29.2 Å². The molecule has 2 heterocycles. The zero-order valence-electron chi connectivity index (χ0n) is 16.2. The van der Waals surface area contributed by atoms with Gasteiger partial charge in [0.1, 0.15) is 0 Å². The van der Waals surface area contributed by atoms with Crippen molar-refractivity contribution in [3.8, 4) is 0 Å². The van der Waals surface area contributed by atoms with Gasteiger partial charge in [-0.3, -0.25) is 4.79 Å². The average Bonchev–Trinajstić information content (AvgIpc) is 2.70. The van der Waals surface area contributed by atoms with Crippen molar-refractivity contribution < 1.29 is 13.2 Å². The number of fused-ring (bicyclic) bond motifs is 1. The molecule has 2 aliphatic rings. The van der Waals surface area contributed by atoms with E-state index in [1.165, 1.54) is 57.3 Å². The van der Waals surface area contributed by atoms with Crippen molar-refractivity contribution in [1.29, 1.82) is 0 Å². The summed E-state index contributed by atoms with van der Waals surface area (Å²) in [6, 6.07) is 6.64. The molecule has 2 N–H and O–H groups in total. The Bertz CT molecular complexity index is 752. The molecular formula is C20H30ClN3O3S. The van der Waals surface area contributed by atoms with Crippen LogP contribution in [0.1, 0.15) is 44.9 Å². The molecule has 0 aliphatic carbocycles. The Labute approximate surface area is 173 Å². The maximum absolute atomic E-state index is 12.2. The summed E-state index contributed by atoms with van der Waals surface area (Å²) in [6.45, 7) is 3.36. The molecule has 2 atom stereocenters. The van der Waals surface area contributed by atoms with Crippen LogP contribution in [0.25, 0.3) is 0 Å². The Hall–Kier alpha value is -1.15. The van der Waals surface area contributed by atoms with E-state index in [9.17, 15) is 13.2 Å². The third kappa shape index (κ3) is 5.92. The summed E-state index contributed by atoms with van der Waals surface area (Å²) in [6.07, 6.45) is 7.02. The second kappa shape index (κ2) is 10.1. The minimum absolute atomic E-state index is 0.00127. The van der Waals surface area contributed by atoms with Crippen LogP contribution in [-0.2, 0) is 14.8 Å². The van der Waals surface area contributed by atoms with E-state index in [-0.39, 0.29) is 17.3 Å². The zero-order valence-corrected chi connectivity index (χ0v) is 17.8. The zero-order chi connectivity index (χ0) is 20.0. The number of hydrogen-bond acceptors (Lipinski definition) is 4. The Balaban J connectivity index is 1.36. The fourth-order valence-electron chi connectivity index (χ4n) is 4.30. The van der Waals surface area contributed by atoms with Gasteiger partial charge in [-0.05, 0) is 75.4 Å². The van der Waals surface area contributed by atoms with Crippen LogP contribution in [0.4, 0.5) is 0 Å². The molecule has 0 unspecified atom stereocenters. The number of carbonyl (C=O) groups is 1. The van der Waals surface area contributed by atoms with Gasteiger partial charge in [0, 0.05) is 30.6 Å². The molecule has 0 aromatic heterocycles. The summed E-state index contributed by atoms with van der Waals surface area (Å²) >= 11 is 5.78. The van der Waals surface area contributed by atoms with Crippen molar-refractivity contribution in [2.75, 3.05) is 26.2 Å². The van der Waals surface area contributed by atoms with E-state index in [2.05, 4.69) is 14.9 Å². The number of rotatable bonds is 8. The average molecular weight is 428 g/mol. The van der Waals surface area contributed by atoms with Crippen LogP contribution in [-0.4, -0.2) is 51.4 Å². The minimum Gasteiger partial charge on any atom is -0.356 e. The highest BCUT2D eigenvalue weighted by Gasteiger charge is 2.32. The van der Waals surface area contributed by atoms with Crippen LogP contribution in [0.5, 0.6) is 0 Å². The molecule has 0 saturated carbocycles. The fourth-order valence-corrected chi connectivity index (χ4v) is 5.50. The maximum Gasteiger partial charge on any atom is 0.240 e. The van der Waals surface area contributed by atoms with Crippen LogP contribution in [0.3, 0.4) is 0 Å². The lowest BCUT2D eigenvalue weighted by molar-refractivity contribution is -0.121. The molecule has 2 fully saturated rings. The number of piperidine rings is 2. The molecule has 1 aromatic carbocycles. The van der Waals surface area contributed by atoms with E-state index in [0.29, 0.717) is 29.8 Å².